The predicted molar refractivity (Wildman–Crippen MR) is 85.9 cm³/mol. The van der Waals surface area contributed by atoms with Crippen LogP contribution in [0.1, 0.15) is 19.3 Å². The third-order valence-electron chi connectivity index (χ3n) is 3.71. The van der Waals surface area contributed by atoms with E-state index in [-0.39, 0.29) is 42.9 Å². The van der Waals surface area contributed by atoms with Crippen LogP contribution in [0.5, 0.6) is 0 Å². The van der Waals surface area contributed by atoms with Crippen molar-refractivity contribution in [3.8, 4) is 0 Å². The van der Waals surface area contributed by atoms with Crippen LogP contribution < -0.4 is 5.73 Å². The highest BCUT2D eigenvalue weighted by molar-refractivity contribution is 5.85. The highest BCUT2D eigenvalue weighted by Crippen LogP contribution is 2.20. The lowest BCUT2D eigenvalue weighted by Crippen LogP contribution is -2.51. The van der Waals surface area contributed by atoms with Crippen molar-refractivity contribution in [2.45, 2.75) is 38.0 Å². The van der Waals surface area contributed by atoms with Gasteiger partial charge < -0.3 is 15.4 Å². The molecule has 0 radical (unpaired) electrons. The molecule has 2 heterocycles. The van der Waals surface area contributed by atoms with E-state index in [1.807, 2.05) is 17.2 Å². The summed E-state index contributed by atoms with van der Waals surface area (Å²) in [7, 11) is 1.72. The first kappa shape index (κ1) is 20.2. The third kappa shape index (κ3) is 5.47. The molecule has 0 aromatic carbocycles. The molecule has 1 aromatic heterocycles. The number of ether oxygens (including phenoxy) is 1. The number of rotatable bonds is 5. The first-order chi connectivity index (χ1) is 9.24. The molecule has 0 saturated carbocycles. The number of likely N-dealkylation sites (tertiary alicyclic amines) is 1. The Morgan fingerprint density at radius 2 is 2.24 bits per heavy atom. The molecular formula is C13H24Cl2N4O2. The molecule has 2 unspecified atom stereocenters. The smallest absolute Gasteiger partial charge is 0.224 e. The minimum absolute atomic E-state index is 0. The highest BCUT2D eigenvalue weighted by Gasteiger charge is 2.30. The summed E-state index contributed by atoms with van der Waals surface area (Å²) in [6.07, 6.45) is 6.00. The number of amides is 1. The second-order valence-corrected chi connectivity index (χ2v) is 4.88. The summed E-state index contributed by atoms with van der Waals surface area (Å²) in [5.41, 5.74) is 5.77. The van der Waals surface area contributed by atoms with E-state index in [2.05, 4.69) is 5.10 Å². The number of aromatic nitrogens is 2. The van der Waals surface area contributed by atoms with E-state index in [4.69, 9.17) is 10.5 Å². The molecule has 0 bridgehead atoms. The van der Waals surface area contributed by atoms with Crippen molar-refractivity contribution in [1.82, 2.24) is 14.7 Å². The van der Waals surface area contributed by atoms with Gasteiger partial charge in [-0.1, -0.05) is 0 Å². The molecule has 1 fully saturated rings. The van der Waals surface area contributed by atoms with Crippen molar-refractivity contribution in [3.05, 3.63) is 18.5 Å². The van der Waals surface area contributed by atoms with E-state index in [1.54, 1.807) is 18.0 Å². The topological polar surface area (TPSA) is 73.4 Å². The first-order valence-corrected chi connectivity index (χ1v) is 6.74. The van der Waals surface area contributed by atoms with Crippen molar-refractivity contribution in [2.24, 2.45) is 5.73 Å². The number of carbonyl (C=O) groups is 1. The van der Waals surface area contributed by atoms with Gasteiger partial charge in [0.25, 0.3) is 0 Å². The molecule has 1 amide bonds. The van der Waals surface area contributed by atoms with Gasteiger partial charge >= 0.3 is 0 Å². The summed E-state index contributed by atoms with van der Waals surface area (Å²) >= 11 is 0. The van der Waals surface area contributed by atoms with Crippen LogP contribution in [0.2, 0.25) is 0 Å². The summed E-state index contributed by atoms with van der Waals surface area (Å²) in [6, 6.07) is 1.96. The maximum atomic E-state index is 12.2. The van der Waals surface area contributed by atoms with Gasteiger partial charge in [-0.25, -0.2) is 0 Å². The molecular weight excluding hydrogens is 315 g/mol. The van der Waals surface area contributed by atoms with Crippen LogP contribution >= 0.6 is 24.8 Å². The molecule has 0 aliphatic carbocycles. The molecule has 21 heavy (non-hydrogen) atoms. The summed E-state index contributed by atoms with van der Waals surface area (Å²) in [5, 5.41) is 4.10. The predicted octanol–water partition coefficient (Wildman–Crippen LogP) is 1.08. The van der Waals surface area contributed by atoms with Gasteiger partial charge in [-0.2, -0.15) is 5.10 Å². The summed E-state index contributed by atoms with van der Waals surface area (Å²) in [4.78, 5) is 14.1. The van der Waals surface area contributed by atoms with Crippen molar-refractivity contribution in [1.29, 1.82) is 0 Å². The molecule has 1 aliphatic rings. The Balaban J connectivity index is 0.00000200. The van der Waals surface area contributed by atoms with Crippen molar-refractivity contribution in [2.75, 3.05) is 20.2 Å². The SMILES string of the molecule is COC1CCN(C(=O)CCn2cccn2)C(CN)C1.Cl.Cl. The molecule has 2 rings (SSSR count). The molecule has 0 spiro atoms. The maximum absolute atomic E-state index is 12.2. The van der Waals surface area contributed by atoms with Crippen LogP contribution in [-0.2, 0) is 16.1 Å². The number of hydrogen-bond acceptors (Lipinski definition) is 4. The van der Waals surface area contributed by atoms with Gasteiger partial charge in [0.2, 0.25) is 5.91 Å². The van der Waals surface area contributed by atoms with Crippen LogP contribution in [-0.4, -0.2) is 52.9 Å². The Kier molecular flexibility index (Phi) is 9.61. The summed E-state index contributed by atoms with van der Waals surface area (Å²) in [6.45, 7) is 1.85. The second kappa shape index (κ2) is 10.00. The van der Waals surface area contributed by atoms with Crippen LogP contribution in [0.4, 0.5) is 0 Å². The average Bonchev–Trinajstić information content (AvgIpc) is 2.97. The monoisotopic (exact) mass is 338 g/mol. The average molecular weight is 339 g/mol. The zero-order chi connectivity index (χ0) is 13.7. The van der Waals surface area contributed by atoms with Gasteiger partial charge in [-0.05, 0) is 18.9 Å². The Bertz CT molecular complexity index is 403. The molecule has 2 N–H and O–H groups in total. The van der Waals surface area contributed by atoms with Crippen LogP contribution in [0, 0.1) is 0 Å². The Morgan fingerprint density at radius 3 is 2.81 bits per heavy atom. The number of aryl methyl sites for hydroxylation is 1. The molecule has 2 atom stereocenters. The Hall–Kier alpha value is -0.820. The van der Waals surface area contributed by atoms with Gasteiger partial charge in [0.1, 0.15) is 0 Å². The van der Waals surface area contributed by atoms with E-state index in [9.17, 15) is 4.79 Å². The molecule has 6 nitrogen and oxygen atoms in total. The molecule has 122 valence electrons. The molecule has 1 saturated heterocycles. The van der Waals surface area contributed by atoms with Gasteiger partial charge in [0.15, 0.2) is 0 Å². The van der Waals surface area contributed by atoms with Gasteiger partial charge in [-0.15, -0.1) is 24.8 Å². The number of piperidine rings is 1. The number of hydrogen-bond donors (Lipinski definition) is 1. The van der Waals surface area contributed by atoms with Crippen molar-refractivity contribution >= 4 is 30.7 Å². The number of nitrogens with two attached hydrogens (primary N) is 1. The van der Waals surface area contributed by atoms with Crippen LogP contribution in [0.25, 0.3) is 0 Å². The first-order valence-electron chi connectivity index (χ1n) is 6.74. The maximum Gasteiger partial charge on any atom is 0.224 e. The van der Waals surface area contributed by atoms with Crippen LogP contribution in [0.3, 0.4) is 0 Å². The molecule has 1 aliphatic heterocycles. The van der Waals surface area contributed by atoms with Gasteiger partial charge in [-0.3, -0.25) is 9.48 Å². The largest absolute Gasteiger partial charge is 0.381 e. The summed E-state index contributed by atoms with van der Waals surface area (Å²) in [5.74, 6) is 0.153. The number of methoxy groups -OCH3 is 1. The minimum atomic E-state index is 0. The molecule has 1 aromatic rings. The number of carbonyl (C=O) groups excluding carboxylic acids is 1. The Morgan fingerprint density at radius 1 is 1.48 bits per heavy atom. The van der Waals surface area contributed by atoms with E-state index in [1.165, 1.54) is 0 Å². The van der Waals surface area contributed by atoms with Crippen molar-refractivity contribution < 1.29 is 9.53 Å². The van der Waals surface area contributed by atoms with E-state index < -0.39 is 0 Å². The van der Waals surface area contributed by atoms with E-state index in [0.717, 1.165) is 19.4 Å². The van der Waals surface area contributed by atoms with Gasteiger partial charge in [0, 0.05) is 51.6 Å². The zero-order valence-electron chi connectivity index (χ0n) is 12.2. The Labute approximate surface area is 137 Å². The van der Waals surface area contributed by atoms with E-state index >= 15 is 0 Å². The number of nitrogens with zero attached hydrogens (tertiary/aromatic N) is 3. The fourth-order valence-electron chi connectivity index (χ4n) is 2.57. The second-order valence-electron chi connectivity index (χ2n) is 4.88. The lowest BCUT2D eigenvalue weighted by atomic mass is 9.99. The minimum Gasteiger partial charge on any atom is -0.381 e. The molecule has 8 heteroatoms. The highest BCUT2D eigenvalue weighted by atomic mass is 35.5. The lowest BCUT2D eigenvalue weighted by Gasteiger charge is -2.38. The fourth-order valence-corrected chi connectivity index (χ4v) is 2.57. The lowest BCUT2D eigenvalue weighted by molar-refractivity contribution is -0.137. The van der Waals surface area contributed by atoms with E-state index in [0.29, 0.717) is 19.5 Å². The quantitative estimate of drug-likeness (QED) is 0.871. The zero-order valence-corrected chi connectivity index (χ0v) is 13.8. The van der Waals surface area contributed by atoms with Crippen LogP contribution in [0.15, 0.2) is 18.5 Å². The fraction of sp³-hybridized carbons (Fsp3) is 0.692. The van der Waals surface area contributed by atoms with Crippen molar-refractivity contribution in [3.63, 3.8) is 0 Å². The summed E-state index contributed by atoms with van der Waals surface area (Å²) < 4.78 is 7.14. The van der Waals surface area contributed by atoms with Gasteiger partial charge in [0.05, 0.1) is 6.10 Å². The normalized spacial score (nSPS) is 21.3. The third-order valence-corrected chi connectivity index (χ3v) is 3.71. The standard InChI is InChI=1S/C13H22N4O2.2ClH/c1-19-12-3-8-17(11(9-12)10-14)13(18)4-7-16-6-2-5-15-16;;/h2,5-6,11-12H,3-4,7-10,14H2,1H3;2*1H. The number of halogens is 2.